The highest BCUT2D eigenvalue weighted by Gasteiger charge is 2.42. The van der Waals surface area contributed by atoms with Crippen molar-refractivity contribution in [2.75, 3.05) is 19.8 Å². The Balaban J connectivity index is 1.32. The molecule has 2 aliphatic rings. The Bertz CT molecular complexity index is 1360. The summed E-state index contributed by atoms with van der Waals surface area (Å²) in [7, 11) is 0. The van der Waals surface area contributed by atoms with Crippen LogP contribution in [-0.2, 0) is 33.2 Å². The van der Waals surface area contributed by atoms with Crippen molar-refractivity contribution in [1.82, 2.24) is 21.5 Å². The standard InChI is InChI=1S/C32H36F6N4O4/c1-21(23-14-25(31(33,34)35)16-26(15-23)32(36,37)38)46-20-30(24-10-6-3-7-11-24)13-12-27(17-39-30)40-29(44)42-41-28(43)19-45-18-22-8-4-2-5-9-22/h2-10,14-16,21,24,27,39H,11-13,17-20H2,1H3,(H,41,43)(H2,40,42,44)/t21-,24?,27+,30-/m1/s1. The van der Waals surface area contributed by atoms with Crippen LogP contribution in [0.3, 0.4) is 0 Å². The normalized spacial score (nSPS) is 22.2. The SMILES string of the molecule is C[C@@H](OC[C@@]1(C2C=CC=CC2)CC[C@H](NC(=O)NNC(=O)COCc2ccccc2)CN1)c1cc(C(F)(F)F)cc(C(F)(F)F)c1. The van der Waals surface area contributed by atoms with E-state index in [2.05, 4.69) is 21.5 Å². The molecule has 8 nitrogen and oxygen atoms in total. The van der Waals surface area contributed by atoms with Gasteiger partial charge >= 0.3 is 18.4 Å². The lowest BCUT2D eigenvalue weighted by Gasteiger charge is -2.46. The zero-order valence-electron chi connectivity index (χ0n) is 25.0. The third-order valence-corrected chi connectivity index (χ3v) is 8.00. The van der Waals surface area contributed by atoms with Crippen LogP contribution in [0.4, 0.5) is 31.1 Å². The van der Waals surface area contributed by atoms with Crippen LogP contribution in [0.2, 0.25) is 0 Å². The summed E-state index contributed by atoms with van der Waals surface area (Å²) in [4.78, 5) is 24.5. The van der Waals surface area contributed by atoms with Gasteiger partial charge in [-0.2, -0.15) is 26.3 Å². The van der Waals surface area contributed by atoms with Gasteiger partial charge in [0, 0.05) is 24.0 Å². The summed E-state index contributed by atoms with van der Waals surface area (Å²) in [5.41, 5.74) is 1.71. The second-order valence-electron chi connectivity index (χ2n) is 11.3. The molecule has 1 saturated heterocycles. The molecule has 4 rings (SSSR count). The number of hydrogen-bond acceptors (Lipinski definition) is 5. The molecule has 2 aromatic carbocycles. The lowest BCUT2D eigenvalue weighted by molar-refractivity contribution is -0.143. The van der Waals surface area contributed by atoms with Crippen LogP contribution in [0.15, 0.2) is 72.8 Å². The summed E-state index contributed by atoms with van der Waals surface area (Å²) in [6.07, 6.45) is -1.71. The number of amides is 3. The zero-order chi connectivity index (χ0) is 33.4. The Hall–Kier alpha value is -3.88. The Labute approximate surface area is 262 Å². The molecule has 3 amide bonds. The fraction of sp³-hybridized carbons (Fsp3) is 0.438. The van der Waals surface area contributed by atoms with Gasteiger partial charge in [-0.1, -0.05) is 54.6 Å². The lowest BCUT2D eigenvalue weighted by Crippen LogP contribution is -2.63. The molecule has 2 aromatic rings. The lowest BCUT2D eigenvalue weighted by atomic mass is 9.74. The largest absolute Gasteiger partial charge is 0.416 e. The first-order valence-corrected chi connectivity index (χ1v) is 14.7. The third kappa shape index (κ3) is 9.81. The molecule has 1 fully saturated rings. The van der Waals surface area contributed by atoms with Gasteiger partial charge in [0.1, 0.15) is 6.61 Å². The van der Waals surface area contributed by atoms with Gasteiger partial charge < -0.3 is 20.1 Å². The zero-order valence-corrected chi connectivity index (χ0v) is 25.0. The van der Waals surface area contributed by atoms with Crippen LogP contribution in [0.1, 0.15) is 54.5 Å². The summed E-state index contributed by atoms with van der Waals surface area (Å²) in [6, 6.07) is 9.75. The number of hydrogen-bond donors (Lipinski definition) is 4. The molecule has 1 aliphatic heterocycles. The minimum atomic E-state index is -4.96. The second kappa shape index (κ2) is 15.1. The van der Waals surface area contributed by atoms with Crippen LogP contribution in [-0.4, -0.2) is 43.3 Å². The Morgan fingerprint density at radius 3 is 2.28 bits per heavy atom. The highest BCUT2D eigenvalue weighted by molar-refractivity contribution is 5.81. The molecular weight excluding hydrogens is 618 g/mol. The van der Waals surface area contributed by atoms with E-state index in [9.17, 15) is 35.9 Å². The average Bonchev–Trinajstić information content (AvgIpc) is 3.03. The predicted molar refractivity (Wildman–Crippen MR) is 157 cm³/mol. The highest BCUT2D eigenvalue weighted by atomic mass is 19.4. The molecule has 14 heteroatoms. The van der Waals surface area contributed by atoms with E-state index in [1.54, 1.807) is 0 Å². The molecule has 0 radical (unpaired) electrons. The smallest absolute Gasteiger partial charge is 0.372 e. The van der Waals surface area contributed by atoms with Crippen LogP contribution in [0, 0.1) is 5.92 Å². The minimum absolute atomic E-state index is 0.00738. The Morgan fingerprint density at radius 1 is 1.00 bits per heavy atom. The monoisotopic (exact) mass is 654 g/mol. The molecule has 1 unspecified atom stereocenters. The number of nitrogens with one attached hydrogen (secondary N) is 4. The quantitative estimate of drug-likeness (QED) is 0.187. The van der Waals surface area contributed by atoms with E-state index in [4.69, 9.17) is 9.47 Å². The number of piperidine rings is 1. The van der Waals surface area contributed by atoms with Crippen LogP contribution in [0.5, 0.6) is 0 Å². The van der Waals surface area contributed by atoms with Gasteiger partial charge in [0.15, 0.2) is 0 Å². The van der Waals surface area contributed by atoms with Crippen LogP contribution < -0.4 is 21.5 Å². The van der Waals surface area contributed by atoms with Gasteiger partial charge in [0.05, 0.1) is 30.4 Å². The third-order valence-electron chi connectivity index (χ3n) is 8.00. The van der Waals surface area contributed by atoms with Crippen molar-refractivity contribution in [2.24, 2.45) is 5.92 Å². The fourth-order valence-electron chi connectivity index (χ4n) is 5.41. The Kier molecular flexibility index (Phi) is 11.5. The summed E-state index contributed by atoms with van der Waals surface area (Å²) < 4.78 is 91.8. The van der Waals surface area contributed by atoms with E-state index in [0.717, 1.165) is 5.56 Å². The van der Waals surface area contributed by atoms with Crippen LogP contribution in [0.25, 0.3) is 0 Å². The summed E-state index contributed by atoms with van der Waals surface area (Å²) >= 11 is 0. The van der Waals surface area contributed by atoms with E-state index in [-0.39, 0.29) is 43.4 Å². The average molecular weight is 655 g/mol. The number of alkyl halides is 6. The van der Waals surface area contributed by atoms with E-state index in [0.29, 0.717) is 37.9 Å². The van der Waals surface area contributed by atoms with Gasteiger partial charge in [-0.15, -0.1) is 0 Å². The number of benzene rings is 2. The predicted octanol–water partition coefficient (Wildman–Crippen LogP) is 5.97. The van der Waals surface area contributed by atoms with Gasteiger partial charge in [-0.05, 0) is 55.5 Å². The number of hydrazine groups is 1. The van der Waals surface area contributed by atoms with Gasteiger partial charge in [0.2, 0.25) is 0 Å². The maximum absolute atomic E-state index is 13.4. The van der Waals surface area contributed by atoms with Crippen molar-refractivity contribution in [3.63, 3.8) is 0 Å². The van der Waals surface area contributed by atoms with Crippen molar-refractivity contribution >= 4 is 11.9 Å². The van der Waals surface area contributed by atoms with Crippen molar-refractivity contribution in [1.29, 1.82) is 0 Å². The first-order valence-electron chi connectivity index (χ1n) is 14.7. The minimum Gasteiger partial charge on any atom is -0.372 e. The molecule has 0 aromatic heterocycles. The number of ether oxygens (including phenoxy) is 2. The number of allylic oxidation sites excluding steroid dienone is 3. The molecular formula is C32H36F6N4O4. The molecule has 1 aliphatic carbocycles. The van der Waals surface area contributed by atoms with E-state index in [1.807, 2.05) is 54.6 Å². The van der Waals surface area contributed by atoms with E-state index >= 15 is 0 Å². The summed E-state index contributed by atoms with van der Waals surface area (Å²) in [6.45, 7) is 1.68. The van der Waals surface area contributed by atoms with Crippen molar-refractivity contribution < 1.29 is 45.4 Å². The summed E-state index contributed by atoms with van der Waals surface area (Å²) in [5, 5.41) is 6.20. The number of halogens is 6. The van der Waals surface area contributed by atoms with Gasteiger partial charge in [0.25, 0.3) is 5.91 Å². The number of urea groups is 1. The van der Waals surface area contributed by atoms with Crippen molar-refractivity contribution in [2.45, 2.75) is 62.8 Å². The highest BCUT2D eigenvalue weighted by Crippen LogP contribution is 2.39. The molecule has 1 heterocycles. The molecule has 4 N–H and O–H groups in total. The van der Waals surface area contributed by atoms with E-state index in [1.165, 1.54) is 6.92 Å². The van der Waals surface area contributed by atoms with Crippen molar-refractivity contribution in [3.05, 3.63) is 95.1 Å². The summed E-state index contributed by atoms with van der Waals surface area (Å²) in [5.74, 6) is -0.625. The van der Waals surface area contributed by atoms with E-state index < -0.39 is 47.1 Å². The fourth-order valence-corrected chi connectivity index (χ4v) is 5.41. The molecule has 0 bridgehead atoms. The number of rotatable bonds is 10. The molecule has 250 valence electrons. The van der Waals surface area contributed by atoms with Crippen LogP contribution >= 0.6 is 0 Å². The second-order valence-corrected chi connectivity index (χ2v) is 11.3. The molecule has 46 heavy (non-hydrogen) atoms. The molecule has 4 atom stereocenters. The first kappa shape index (κ1) is 35.0. The first-order chi connectivity index (χ1) is 21.7. The van der Waals surface area contributed by atoms with Gasteiger partial charge in [-0.3, -0.25) is 10.2 Å². The van der Waals surface area contributed by atoms with Crippen molar-refractivity contribution in [3.8, 4) is 0 Å². The topological polar surface area (TPSA) is 101 Å². The maximum atomic E-state index is 13.4. The number of carbonyl (C=O) groups excluding carboxylic acids is 2. The number of carbonyl (C=O) groups is 2. The maximum Gasteiger partial charge on any atom is 0.416 e. The molecule has 0 saturated carbocycles. The Morgan fingerprint density at radius 2 is 1.70 bits per heavy atom. The molecule has 0 spiro atoms. The van der Waals surface area contributed by atoms with Gasteiger partial charge in [-0.25, -0.2) is 10.2 Å².